The number of rotatable bonds is 4. The molecule has 3 N–H and O–H groups in total. The Labute approximate surface area is 117 Å². The van der Waals surface area contributed by atoms with E-state index >= 15 is 0 Å². The molecule has 0 bridgehead atoms. The lowest BCUT2D eigenvalue weighted by Gasteiger charge is -2.02. The van der Waals surface area contributed by atoms with E-state index in [1.165, 1.54) is 0 Å². The third kappa shape index (κ3) is 7.25. The predicted octanol–water partition coefficient (Wildman–Crippen LogP) is 3.67. The highest BCUT2D eigenvalue weighted by Crippen LogP contribution is 1.96. The monoisotopic (exact) mass is 376 g/mol. The molecule has 8 heteroatoms. The zero-order valence-corrected chi connectivity index (χ0v) is 12.9. The van der Waals surface area contributed by atoms with Crippen LogP contribution in [0.1, 0.15) is 19.8 Å². The van der Waals surface area contributed by atoms with E-state index < -0.39 is 0 Å². The van der Waals surface area contributed by atoms with Gasteiger partial charge >= 0.3 is 0 Å². The molecule has 0 saturated heterocycles. The number of aromatic nitrogens is 3. The van der Waals surface area contributed by atoms with Crippen LogP contribution in [-0.4, -0.2) is 21.5 Å². The summed E-state index contributed by atoms with van der Waals surface area (Å²) in [6.45, 7) is 3.02. The maximum Gasteiger partial charge on any atom is 0.205 e. The van der Waals surface area contributed by atoms with Crippen molar-refractivity contribution in [1.29, 1.82) is 0 Å². The molecule has 1 aromatic rings. The maximum atomic E-state index is 4.91. The molecule has 0 aliphatic carbocycles. The second-order valence-electron chi connectivity index (χ2n) is 2.63. The largest absolute Gasteiger partial charge is 0.356 e. The van der Waals surface area contributed by atoms with Crippen LogP contribution in [0.2, 0.25) is 0 Å². The van der Waals surface area contributed by atoms with Gasteiger partial charge in [0, 0.05) is 6.54 Å². The van der Waals surface area contributed by atoms with Crippen molar-refractivity contribution in [2.45, 2.75) is 19.8 Å². The van der Waals surface area contributed by atoms with Crippen LogP contribution in [0.4, 0.5) is 5.95 Å². The Morgan fingerprint density at radius 1 is 1.40 bits per heavy atom. The molecule has 1 heterocycles. The fourth-order valence-electron chi connectivity index (χ4n) is 0.861. The molecular weight excluding hydrogens is 363 g/mol. The van der Waals surface area contributed by atoms with E-state index in [4.69, 9.17) is 24.4 Å². The summed E-state index contributed by atoms with van der Waals surface area (Å²) in [6, 6.07) is 0. The first kappa shape index (κ1) is 15.3. The Morgan fingerprint density at radius 2 is 2.07 bits per heavy atom. The van der Waals surface area contributed by atoms with E-state index in [0.717, 1.165) is 19.4 Å². The number of anilines is 1. The molecule has 1 aromatic heterocycles. The van der Waals surface area contributed by atoms with Crippen molar-refractivity contribution < 1.29 is 0 Å². The zero-order valence-electron chi connectivity index (χ0n) is 8.21. The van der Waals surface area contributed by atoms with E-state index in [9.17, 15) is 0 Å². The number of hydrogen-bond donors (Lipinski definition) is 4. The molecule has 15 heavy (non-hydrogen) atoms. The Morgan fingerprint density at radius 3 is 2.60 bits per heavy atom. The number of nitrogens with zero attached hydrogens (tertiary/aromatic N) is 1. The first-order valence-corrected chi connectivity index (χ1v) is 8.38. The SMILES string of the molecule is CCCCNc1nc(=S)[nH]c(=S)[nH]1.SI. The Hall–Kier alpha value is 0.330. The molecule has 0 fully saturated rings. The van der Waals surface area contributed by atoms with Gasteiger partial charge in [-0.2, -0.15) is 4.98 Å². The summed E-state index contributed by atoms with van der Waals surface area (Å²) in [5, 5.41) is 3.11. The summed E-state index contributed by atoms with van der Waals surface area (Å²) in [4.78, 5) is 9.63. The summed E-state index contributed by atoms with van der Waals surface area (Å²) in [5.41, 5.74) is 0. The van der Waals surface area contributed by atoms with Crippen molar-refractivity contribution in [2.24, 2.45) is 0 Å². The predicted molar refractivity (Wildman–Crippen MR) is 81.0 cm³/mol. The Kier molecular flexibility index (Phi) is 9.76. The molecule has 1 rings (SSSR count). The highest BCUT2D eigenvalue weighted by atomic mass is 127. The van der Waals surface area contributed by atoms with Gasteiger partial charge < -0.3 is 15.3 Å². The van der Waals surface area contributed by atoms with E-state index in [0.29, 0.717) is 15.5 Å². The standard InChI is InChI=1S/C7H12N4S2.HIS/c1-2-3-4-8-5-9-6(12)11-7(13)10-5;1-2/h2-4H2,1H3,(H3,8,9,10,11,12,13);2H. The van der Waals surface area contributed by atoms with Gasteiger partial charge in [-0.15, -0.1) is 9.80 Å². The molecule has 0 spiro atoms. The van der Waals surface area contributed by atoms with Crippen LogP contribution in [0.25, 0.3) is 0 Å². The average Bonchev–Trinajstić information content (AvgIpc) is 2.20. The van der Waals surface area contributed by atoms with Crippen LogP contribution in [0.5, 0.6) is 0 Å². The van der Waals surface area contributed by atoms with Gasteiger partial charge in [0.15, 0.2) is 4.77 Å². The van der Waals surface area contributed by atoms with Crippen LogP contribution in [0.3, 0.4) is 0 Å². The van der Waals surface area contributed by atoms with Gasteiger partial charge in [0.1, 0.15) is 0 Å². The first-order chi connectivity index (χ1) is 7.22. The van der Waals surface area contributed by atoms with Gasteiger partial charge in [-0.1, -0.05) is 13.3 Å². The number of hydrogen-bond acceptors (Lipinski definition) is 5. The molecule has 0 aliphatic rings. The second kappa shape index (κ2) is 9.55. The molecule has 0 aliphatic heterocycles. The van der Waals surface area contributed by atoms with Crippen molar-refractivity contribution in [2.75, 3.05) is 11.9 Å². The van der Waals surface area contributed by atoms with E-state index in [1.54, 1.807) is 0 Å². The lowest BCUT2D eigenvalue weighted by Crippen LogP contribution is -2.05. The summed E-state index contributed by atoms with van der Waals surface area (Å²) in [5.74, 6) is 0.641. The van der Waals surface area contributed by atoms with Crippen LogP contribution in [0.15, 0.2) is 0 Å². The van der Waals surface area contributed by atoms with Gasteiger partial charge in [-0.25, -0.2) is 0 Å². The molecule has 0 atom stereocenters. The van der Waals surface area contributed by atoms with Gasteiger partial charge in [-0.3, -0.25) is 0 Å². The average molecular weight is 376 g/mol. The molecule has 0 radical (unpaired) electrons. The maximum absolute atomic E-state index is 4.91. The van der Waals surface area contributed by atoms with Crippen molar-refractivity contribution in [3.8, 4) is 0 Å². The molecule has 86 valence electrons. The van der Waals surface area contributed by atoms with Gasteiger partial charge in [0.25, 0.3) is 0 Å². The number of H-pyrrole nitrogens is 2. The molecule has 0 amide bonds. The van der Waals surface area contributed by atoms with Crippen molar-refractivity contribution in [3.05, 3.63) is 9.54 Å². The molecular formula is C7H13IN4S3. The van der Waals surface area contributed by atoms with E-state index in [1.807, 2.05) is 21.2 Å². The minimum Gasteiger partial charge on any atom is -0.356 e. The van der Waals surface area contributed by atoms with Crippen LogP contribution in [-0.2, 0) is 0 Å². The fourth-order valence-corrected chi connectivity index (χ4v) is 1.31. The normalized spacial score (nSPS) is 9.00. The van der Waals surface area contributed by atoms with Gasteiger partial charge in [0.2, 0.25) is 10.7 Å². The number of nitrogens with one attached hydrogen (secondary N) is 3. The summed E-state index contributed by atoms with van der Waals surface area (Å²) >= 11 is 11.6. The second-order valence-corrected chi connectivity index (χ2v) is 3.42. The number of aromatic amines is 2. The quantitative estimate of drug-likeness (QED) is 0.280. The number of thiol groups is 1. The first-order valence-electron chi connectivity index (χ1n) is 4.34. The topological polar surface area (TPSA) is 56.5 Å². The Bertz CT molecular complexity index is 347. The van der Waals surface area contributed by atoms with Crippen LogP contribution >= 0.6 is 55.4 Å². The fraction of sp³-hybridized carbons (Fsp3) is 0.571. The summed E-state index contributed by atoms with van der Waals surface area (Å²) in [7, 11) is 3.50. The molecule has 0 unspecified atom stereocenters. The van der Waals surface area contributed by atoms with Crippen molar-refractivity contribution in [1.82, 2.24) is 15.0 Å². The smallest absolute Gasteiger partial charge is 0.205 e. The van der Waals surface area contributed by atoms with E-state index in [2.05, 4.69) is 37.0 Å². The summed E-state index contributed by atoms with van der Waals surface area (Å²) < 4.78 is 0.904. The lowest BCUT2D eigenvalue weighted by atomic mass is 10.3. The third-order valence-electron chi connectivity index (χ3n) is 1.49. The number of unbranched alkanes of at least 4 members (excludes halogenated alkanes) is 1. The van der Waals surface area contributed by atoms with E-state index in [-0.39, 0.29) is 0 Å². The molecule has 0 aromatic carbocycles. The van der Waals surface area contributed by atoms with Crippen molar-refractivity contribution >= 4 is 61.4 Å². The van der Waals surface area contributed by atoms with Gasteiger partial charge in [-0.05, 0) is 52.1 Å². The Balaban J connectivity index is 0.000000921. The third-order valence-corrected chi connectivity index (χ3v) is 1.89. The lowest BCUT2D eigenvalue weighted by molar-refractivity contribution is 0.822. The summed E-state index contributed by atoms with van der Waals surface area (Å²) in [6.07, 6.45) is 2.25. The highest BCUT2D eigenvalue weighted by molar-refractivity contribution is 14.2. The minimum absolute atomic E-state index is 0.405. The number of halogens is 1. The molecule has 4 nitrogen and oxygen atoms in total. The van der Waals surface area contributed by atoms with Crippen LogP contribution < -0.4 is 5.32 Å². The van der Waals surface area contributed by atoms with Gasteiger partial charge in [0.05, 0.1) is 0 Å². The van der Waals surface area contributed by atoms with Crippen LogP contribution in [0, 0.1) is 9.54 Å². The highest BCUT2D eigenvalue weighted by Gasteiger charge is 1.92. The van der Waals surface area contributed by atoms with Crippen molar-refractivity contribution in [3.63, 3.8) is 0 Å². The minimum atomic E-state index is 0.405. The zero-order chi connectivity index (χ0) is 11.7. The molecule has 0 saturated carbocycles.